The van der Waals surface area contributed by atoms with Crippen LogP contribution in [0.2, 0.25) is 0 Å². The summed E-state index contributed by atoms with van der Waals surface area (Å²) >= 11 is 0. The van der Waals surface area contributed by atoms with Crippen molar-refractivity contribution in [1.82, 2.24) is 9.78 Å². The Morgan fingerprint density at radius 2 is 1.83 bits per heavy atom. The maximum atomic E-state index is 13.2. The molecule has 0 aliphatic heterocycles. The molecule has 1 aliphatic rings. The summed E-state index contributed by atoms with van der Waals surface area (Å²) < 4.78 is 41.0. The number of benzene rings is 1. The molecule has 1 heterocycles. The van der Waals surface area contributed by atoms with Crippen LogP contribution in [0.25, 0.3) is 5.69 Å². The molecule has 3 rings (SSSR count). The van der Waals surface area contributed by atoms with Gasteiger partial charge in [0.25, 0.3) is 0 Å². The first-order chi connectivity index (χ1) is 11.0. The molecule has 2 aromatic rings. The molecule has 0 bridgehead atoms. The van der Waals surface area contributed by atoms with Crippen LogP contribution < -0.4 is 0 Å². The summed E-state index contributed by atoms with van der Waals surface area (Å²) in [7, 11) is 0. The summed E-state index contributed by atoms with van der Waals surface area (Å²) in [5, 5.41) is 3.86. The van der Waals surface area contributed by atoms with Gasteiger partial charge in [0.15, 0.2) is 5.69 Å². The van der Waals surface area contributed by atoms with Gasteiger partial charge in [-0.25, -0.2) is 4.68 Å². The Hall–Kier alpha value is -2.11. The van der Waals surface area contributed by atoms with E-state index < -0.39 is 11.9 Å². The molecule has 0 atom stereocenters. The number of fused-ring (bicyclic) bond motifs is 1. The number of nitrogens with zero attached hydrogens (tertiary/aromatic N) is 2. The van der Waals surface area contributed by atoms with Crippen LogP contribution >= 0.6 is 0 Å². The van der Waals surface area contributed by atoms with Crippen molar-refractivity contribution in [2.75, 3.05) is 0 Å². The van der Waals surface area contributed by atoms with Gasteiger partial charge >= 0.3 is 6.18 Å². The van der Waals surface area contributed by atoms with Crippen LogP contribution in [0.4, 0.5) is 13.2 Å². The van der Waals surface area contributed by atoms with E-state index in [0.29, 0.717) is 42.6 Å². The number of hydrogen-bond acceptors (Lipinski definition) is 2. The predicted molar refractivity (Wildman–Crippen MR) is 79.6 cm³/mol. The normalized spacial score (nSPS) is 14.6. The van der Waals surface area contributed by atoms with Gasteiger partial charge < -0.3 is 4.79 Å². The Kier molecular flexibility index (Phi) is 4.24. The third-order valence-corrected chi connectivity index (χ3v) is 4.18. The molecule has 0 unspecified atom stereocenters. The highest BCUT2D eigenvalue weighted by Gasteiger charge is 2.39. The first-order valence-corrected chi connectivity index (χ1v) is 7.71. The number of hydrogen-bond donors (Lipinski definition) is 0. The van der Waals surface area contributed by atoms with Crippen molar-refractivity contribution >= 4 is 6.29 Å². The molecule has 0 N–H and O–H groups in total. The van der Waals surface area contributed by atoms with E-state index in [1.54, 1.807) is 12.1 Å². The fraction of sp³-hybridized carbons (Fsp3) is 0.412. The van der Waals surface area contributed by atoms with Crippen LogP contribution in [0.1, 0.15) is 41.8 Å². The quantitative estimate of drug-likeness (QED) is 0.800. The molecule has 122 valence electrons. The van der Waals surface area contributed by atoms with Crippen LogP contribution in [0.5, 0.6) is 0 Å². The van der Waals surface area contributed by atoms with Crippen LogP contribution in [-0.2, 0) is 30.2 Å². The van der Waals surface area contributed by atoms with Crippen molar-refractivity contribution in [3.05, 3.63) is 46.8 Å². The fourth-order valence-electron chi connectivity index (χ4n) is 3.07. The Labute approximate surface area is 132 Å². The van der Waals surface area contributed by atoms with E-state index in [1.165, 1.54) is 4.68 Å². The molecule has 6 heteroatoms. The minimum atomic E-state index is -4.42. The maximum Gasteiger partial charge on any atom is 0.435 e. The number of aromatic nitrogens is 2. The predicted octanol–water partition coefficient (Wildman–Crippen LogP) is 3.90. The fourth-order valence-corrected chi connectivity index (χ4v) is 3.07. The first-order valence-electron chi connectivity index (χ1n) is 7.71. The molecule has 0 saturated heterocycles. The molecule has 0 amide bonds. The molecule has 0 saturated carbocycles. The van der Waals surface area contributed by atoms with Crippen LogP contribution in [0, 0.1) is 0 Å². The van der Waals surface area contributed by atoms with Crippen LogP contribution in [-0.4, -0.2) is 16.1 Å². The lowest BCUT2D eigenvalue weighted by Gasteiger charge is -2.14. The summed E-state index contributed by atoms with van der Waals surface area (Å²) in [6.45, 7) is 0. The average Bonchev–Trinajstić information content (AvgIpc) is 2.93. The second-order valence-corrected chi connectivity index (χ2v) is 5.76. The molecule has 0 fully saturated rings. The third kappa shape index (κ3) is 3.16. The zero-order valence-electron chi connectivity index (χ0n) is 12.6. The summed E-state index contributed by atoms with van der Waals surface area (Å²) in [5.41, 5.74) is 1.88. The van der Waals surface area contributed by atoms with Crippen molar-refractivity contribution in [2.24, 2.45) is 0 Å². The largest absolute Gasteiger partial charge is 0.435 e. The summed E-state index contributed by atoms with van der Waals surface area (Å²) in [6, 6.07) is 7.20. The third-order valence-electron chi connectivity index (χ3n) is 4.18. The van der Waals surface area contributed by atoms with Gasteiger partial charge in [0.2, 0.25) is 0 Å². The molecule has 3 nitrogen and oxygen atoms in total. The van der Waals surface area contributed by atoms with Gasteiger partial charge in [0.05, 0.1) is 5.69 Å². The molecule has 1 aliphatic carbocycles. The monoisotopic (exact) mass is 322 g/mol. The van der Waals surface area contributed by atoms with Crippen molar-refractivity contribution in [3.8, 4) is 5.69 Å². The zero-order chi connectivity index (χ0) is 16.4. The number of halogens is 3. The molecule has 1 aromatic heterocycles. The van der Waals surface area contributed by atoms with Crippen LogP contribution in [0.3, 0.4) is 0 Å². The number of alkyl halides is 3. The van der Waals surface area contributed by atoms with Crippen LogP contribution in [0.15, 0.2) is 24.3 Å². The summed E-state index contributed by atoms with van der Waals surface area (Å²) in [4.78, 5) is 10.4. The van der Waals surface area contributed by atoms with E-state index in [1.807, 2.05) is 12.1 Å². The highest BCUT2D eigenvalue weighted by Crippen LogP contribution is 2.36. The van der Waals surface area contributed by atoms with E-state index in [4.69, 9.17) is 0 Å². The number of carbonyl (C=O) groups is 1. The van der Waals surface area contributed by atoms with Crippen molar-refractivity contribution in [1.29, 1.82) is 0 Å². The second-order valence-electron chi connectivity index (χ2n) is 5.76. The first kappa shape index (κ1) is 15.8. The number of aldehydes is 1. The van der Waals surface area contributed by atoms with E-state index in [-0.39, 0.29) is 0 Å². The SMILES string of the molecule is O=CCCc1ccc(-n2nc(C(F)(F)F)c3c2CCCC3)cc1. The second kappa shape index (κ2) is 6.18. The molecular formula is C17H17F3N2O. The smallest absolute Gasteiger partial charge is 0.303 e. The Bertz CT molecular complexity index is 702. The van der Waals surface area contributed by atoms with Gasteiger partial charge in [-0.2, -0.15) is 18.3 Å². The van der Waals surface area contributed by atoms with Gasteiger partial charge in [-0.15, -0.1) is 0 Å². The minimum Gasteiger partial charge on any atom is -0.303 e. The van der Waals surface area contributed by atoms with E-state index in [2.05, 4.69) is 5.10 Å². The Morgan fingerprint density at radius 1 is 1.13 bits per heavy atom. The van der Waals surface area contributed by atoms with Gasteiger partial charge in [-0.3, -0.25) is 0 Å². The summed E-state index contributed by atoms with van der Waals surface area (Å²) in [5.74, 6) is 0. The number of aryl methyl sites for hydroxylation is 1. The lowest BCUT2D eigenvalue weighted by atomic mass is 9.95. The average molecular weight is 322 g/mol. The maximum absolute atomic E-state index is 13.2. The molecular weight excluding hydrogens is 305 g/mol. The highest BCUT2D eigenvalue weighted by atomic mass is 19.4. The summed E-state index contributed by atoms with van der Waals surface area (Å²) in [6.07, 6.45) is 0.209. The molecule has 23 heavy (non-hydrogen) atoms. The van der Waals surface area contributed by atoms with Gasteiger partial charge in [-0.1, -0.05) is 12.1 Å². The van der Waals surface area contributed by atoms with Crippen molar-refractivity contribution < 1.29 is 18.0 Å². The lowest BCUT2D eigenvalue weighted by molar-refractivity contribution is -0.142. The van der Waals surface area contributed by atoms with E-state index >= 15 is 0 Å². The standard InChI is InChI=1S/C17H17F3N2O/c18-17(19,20)16-14-5-1-2-6-15(14)22(21-16)13-9-7-12(8-10-13)4-3-11-23/h7-11H,1-6H2. The number of carbonyl (C=O) groups excluding carboxylic acids is 1. The molecule has 0 radical (unpaired) electrons. The van der Waals surface area contributed by atoms with Crippen molar-refractivity contribution in [3.63, 3.8) is 0 Å². The van der Waals surface area contributed by atoms with Gasteiger partial charge in [-0.05, 0) is 49.8 Å². The Morgan fingerprint density at radius 3 is 2.48 bits per heavy atom. The highest BCUT2D eigenvalue weighted by molar-refractivity contribution is 5.50. The minimum absolute atomic E-state index is 0.341. The molecule has 1 aromatic carbocycles. The topological polar surface area (TPSA) is 34.9 Å². The zero-order valence-corrected chi connectivity index (χ0v) is 12.6. The van der Waals surface area contributed by atoms with E-state index in [9.17, 15) is 18.0 Å². The molecule has 0 spiro atoms. The van der Waals surface area contributed by atoms with Gasteiger partial charge in [0, 0.05) is 17.7 Å². The van der Waals surface area contributed by atoms with Gasteiger partial charge in [0.1, 0.15) is 6.29 Å². The van der Waals surface area contributed by atoms with Crippen molar-refractivity contribution in [2.45, 2.75) is 44.7 Å². The Balaban J connectivity index is 1.99. The lowest BCUT2D eigenvalue weighted by Crippen LogP contribution is -2.11. The number of rotatable bonds is 4. The van der Waals surface area contributed by atoms with E-state index in [0.717, 1.165) is 24.7 Å².